The van der Waals surface area contributed by atoms with Crippen molar-refractivity contribution in [1.29, 1.82) is 0 Å². The lowest BCUT2D eigenvalue weighted by atomic mass is 9.86. The Balaban J connectivity index is 2.38. The van der Waals surface area contributed by atoms with Crippen molar-refractivity contribution in [3.63, 3.8) is 0 Å². The highest BCUT2D eigenvalue weighted by molar-refractivity contribution is 5.28. The minimum absolute atomic E-state index is 0.360. The summed E-state index contributed by atoms with van der Waals surface area (Å²) in [5.41, 5.74) is 4.31. The third kappa shape index (κ3) is 1.95. The summed E-state index contributed by atoms with van der Waals surface area (Å²) in [4.78, 5) is 4.34. The highest BCUT2D eigenvalue weighted by Gasteiger charge is 2.22. The molecule has 0 unspecified atom stereocenters. The summed E-state index contributed by atoms with van der Waals surface area (Å²) in [7, 11) is 0. The van der Waals surface area contributed by atoms with E-state index in [4.69, 9.17) is 0 Å². The fourth-order valence-corrected chi connectivity index (χ4v) is 2.08. The molecule has 2 heterocycles. The van der Waals surface area contributed by atoms with Crippen LogP contribution in [0.25, 0.3) is 0 Å². The number of fused-ring (bicyclic) bond motifs is 1. The Bertz CT molecular complexity index is 342. The lowest BCUT2D eigenvalue weighted by Gasteiger charge is -2.22. The first-order valence-electron chi connectivity index (χ1n) is 5.22. The number of hydrogen-bond acceptors (Lipinski definition) is 2. The molecule has 0 bridgehead atoms. The monoisotopic (exact) mass is 190 g/mol. The molecule has 1 aliphatic heterocycles. The van der Waals surface area contributed by atoms with Gasteiger partial charge in [-0.3, -0.25) is 4.98 Å². The third-order valence-electron chi connectivity index (χ3n) is 2.81. The molecule has 1 aromatic rings. The largest absolute Gasteiger partial charge is 0.312 e. The van der Waals surface area contributed by atoms with Gasteiger partial charge in [-0.25, -0.2) is 0 Å². The lowest BCUT2D eigenvalue weighted by Crippen LogP contribution is -2.27. The van der Waals surface area contributed by atoms with Gasteiger partial charge in [0.25, 0.3) is 0 Å². The van der Waals surface area contributed by atoms with E-state index in [0.29, 0.717) is 5.41 Å². The van der Waals surface area contributed by atoms with Gasteiger partial charge in [0.15, 0.2) is 0 Å². The van der Waals surface area contributed by atoms with Crippen LogP contribution in [0.1, 0.15) is 30.7 Å². The summed E-state index contributed by atoms with van der Waals surface area (Å²) in [6, 6.07) is 2.23. The van der Waals surface area contributed by atoms with E-state index >= 15 is 0 Å². The van der Waals surface area contributed by atoms with Gasteiger partial charge in [0.1, 0.15) is 0 Å². The summed E-state index contributed by atoms with van der Waals surface area (Å²) in [6.07, 6.45) is 3.16. The zero-order chi connectivity index (χ0) is 10.2. The maximum Gasteiger partial charge on any atom is 0.0375 e. The van der Waals surface area contributed by atoms with Crippen LogP contribution in [0.5, 0.6) is 0 Å². The van der Waals surface area contributed by atoms with E-state index < -0.39 is 0 Å². The Kier molecular flexibility index (Phi) is 2.31. The topological polar surface area (TPSA) is 24.9 Å². The summed E-state index contributed by atoms with van der Waals surface area (Å²) in [5, 5.41) is 3.47. The SMILES string of the molecule is Cc1cc2c(cn1)CNCC(C)(C)C2. The Morgan fingerprint density at radius 1 is 1.36 bits per heavy atom. The minimum Gasteiger partial charge on any atom is -0.312 e. The van der Waals surface area contributed by atoms with Gasteiger partial charge in [-0.15, -0.1) is 0 Å². The fraction of sp³-hybridized carbons (Fsp3) is 0.583. The van der Waals surface area contributed by atoms with Crippen LogP contribution in [0.2, 0.25) is 0 Å². The van der Waals surface area contributed by atoms with E-state index in [0.717, 1.165) is 25.2 Å². The highest BCUT2D eigenvalue weighted by Crippen LogP contribution is 2.26. The van der Waals surface area contributed by atoms with Crippen LogP contribution in [-0.4, -0.2) is 11.5 Å². The van der Waals surface area contributed by atoms with Gasteiger partial charge in [-0.1, -0.05) is 13.8 Å². The van der Waals surface area contributed by atoms with Crippen LogP contribution < -0.4 is 5.32 Å². The Hall–Kier alpha value is -0.890. The van der Waals surface area contributed by atoms with Crippen LogP contribution in [0.4, 0.5) is 0 Å². The molecular formula is C12H18N2. The van der Waals surface area contributed by atoms with E-state index in [9.17, 15) is 0 Å². The van der Waals surface area contributed by atoms with E-state index in [1.165, 1.54) is 11.1 Å². The second-order valence-electron chi connectivity index (χ2n) is 5.04. The van der Waals surface area contributed by atoms with Gasteiger partial charge in [-0.2, -0.15) is 0 Å². The predicted octanol–water partition coefficient (Wildman–Crippen LogP) is 2.06. The van der Waals surface area contributed by atoms with Crippen molar-refractivity contribution < 1.29 is 0 Å². The van der Waals surface area contributed by atoms with Crippen LogP contribution in [0.3, 0.4) is 0 Å². The third-order valence-corrected chi connectivity index (χ3v) is 2.81. The first-order valence-corrected chi connectivity index (χ1v) is 5.22. The normalized spacial score (nSPS) is 19.9. The maximum absolute atomic E-state index is 4.34. The molecule has 2 nitrogen and oxygen atoms in total. The number of aryl methyl sites for hydroxylation is 1. The van der Waals surface area contributed by atoms with E-state index in [2.05, 4.69) is 37.1 Å². The Labute approximate surface area is 85.7 Å². The van der Waals surface area contributed by atoms with Crippen molar-refractivity contribution in [3.05, 3.63) is 29.1 Å². The number of hydrogen-bond donors (Lipinski definition) is 1. The maximum atomic E-state index is 4.34. The highest BCUT2D eigenvalue weighted by atomic mass is 14.9. The van der Waals surface area contributed by atoms with Gasteiger partial charge in [0.05, 0.1) is 0 Å². The predicted molar refractivity (Wildman–Crippen MR) is 58.2 cm³/mol. The molecule has 0 saturated carbocycles. The molecule has 0 amide bonds. The van der Waals surface area contributed by atoms with Crippen LogP contribution in [0, 0.1) is 12.3 Å². The van der Waals surface area contributed by atoms with Crippen molar-refractivity contribution in [1.82, 2.24) is 10.3 Å². The van der Waals surface area contributed by atoms with Gasteiger partial charge in [0, 0.05) is 25.0 Å². The molecule has 1 aliphatic rings. The summed E-state index contributed by atoms with van der Waals surface area (Å²) < 4.78 is 0. The minimum atomic E-state index is 0.360. The number of nitrogens with zero attached hydrogens (tertiary/aromatic N) is 1. The van der Waals surface area contributed by atoms with Gasteiger partial charge in [0.2, 0.25) is 0 Å². The molecule has 2 rings (SSSR count). The molecule has 14 heavy (non-hydrogen) atoms. The van der Waals surface area contributed by atoms with Crippen LogP contribution in [0.15, 0.2) is 12.3 Å². The number of pyridine rings is 1. The van der Waals surface area contributed by atoms with E-state index in [1.54, 1.807) is 0 Å². The van der Waals surface area contributed by atoms with Gasteiger partial charge in [-0.05, 0) is 36.0 Å². The molecule has 0 fully saturated rings. The number of rotatable bonds is 0. The summed E-state index contributed by atoms with van der Waals surface area (Å²) >= 11 is 0. The summed E-state index contributed by atoms with van der Waals surface area (Å²) in [6.45, 7) is 8.73. The van der Waals surface area contributed by atoms with Gasteiger partial charge >= 0.3 is 0 Å². The zero-order valence-corrected chi connectivity index (χ0v) is 9.22. The molecule has 0 aliphatic carbocycles. The number of nitrogens with one attached hydrogen (secondary N) is 1. The van der Waals surface area contributed by atoms with Crippen molar-refractivity contribution in [3.8, 4) is 0 Å². The molecule has 76 valence electrons. The zero-order valence-electron chi connectivity index (χ0n) is 9.22. The molecule has 0 saturated heterocycles. The standard InChI is InChI=1S/C12H18N2/c1-9-4-10-5-12(2,3)8-13-6-11(10)7-14-9/h4,7,13H,5-6,8H2,1-3H3. The molecule has 1 N–H and O–H groups in total. The Morgan fingerprint density at radius 2 is 2.14 bits per heavy atom. The van der Waals surface area contributed by atoms with Crippen molar-refractivity contribution in [2.75, 3.05) is 6.54 Å². The van der Waals surface area contributed by atoms with Crippen molar-refractivity contribution in [2.45, 2.75) is 33.7 Å². The van der Waals surface area contributed by atoms with Crippen molar-refractivity contribution >= 4 is 0 Å². The average molecular weight is 190 g/mol. The van der Waals surface area contributed by atoms with Crippen LogP contribution >= 0.6 is 0 Å². The Morgan fingerprint density at radius 3 is 2.93 bits per heavy atom. The average Bonchev–Trinajstić information content (AvgIpc) is 2.21. The second-order valence-corrected chi connectivity index (χ2v) is 5.04. The molecule has 0 radical (unpaired) electrons. The smallest absolute Gasteiger partial charge is 0.0375 e. The second kappa shape index (κ2) is 3.35. The molecule has 0 spiro atoms. The molecular weight excluding hydrogens is 172 g/mol. The van der Waals surface area contributed by atoms with E-state index in [-0.39, 0.29) is 0 Å². The summed E-state index contributed by atoms with van der Waals surface area (Å²) in [5.74, 6) is 0. The van der Waals surface area contributed by atoms with Gasteiger partial charge < -0.3 is 5.32 Å². The molecule has 0 aromatic carbocycles. The van der Waals surface area contributed by atoms with Crippen LogP contribution in [-0.2, 0) is 13.0 Å². The lowest BCUT2D eigenvalue weighted by molar-refractivity contribution is 0.349. The fourth-order valence-electron chi connectivity index (χ4n) is 2.08. The molecule has 2 heteroatoms. The van der Waals surface area contributed by atoms with E-state index in [1.807, 2.05) is 6.20 Å². The molecule has 1 aromatic heterocycles. The molecule has 0 atom stereocenters. The quantitative estimate of drug-likeness (QED) is 0.677. The first-order chi connectivity index (χ1) is 6.57. The van der Waals surface area contributed by atoms with Crippen molar-refractivity contribution in [2.24, 2.45) is 5.41 Å². The number of aromatic nitrogens is 1. The first kappa shape index (κ1) is 9.66.